The molecular formula is C51H67N7O8S. The molecule has 0 unspecified atom stereocenters. The summed E-state index contributed by atoms with van der Waals surface area (Å²) in [5.41, 5.74) is 5.55. The number of ether oxygens (including phenoxy) is 4. The molecular weight excluding hydrogens is 871 g/mol. The molecule has 4 aromatic rings. The predicted octanol–water partition coefficient (Wildman–Crippen LogP) is 5.96. The average molecular weight is 938 g/mol. The molecule has 3 heterocycles. The Bertz CT molecular complexity index is 2190. The second-order valence-corrected chi connectivity index (χ2v) is 18.7. The summed E-state index contributed by atoms with van der Waals surface area (Å²) in [6.45, 7) is 4.35. The molecule has 15 nitrogen and oxygen atoms in total. The zero-order valence-electron chi connectivity index (χ0n) is 38.6. The minimum Gasteiger partial charge on any atom is -0.379 e. The van der Waals surface area contributed by atoms with Crippen LogP contribution in [0.4, 0.5) is 10.6 Å². The molecule has 2 fully saturated rings. The number of unbranched alkanes of at least 4 members (excludes halogenated alkanes) is 3. The number of carbonyl (C=O) groups excluding carboxylic acids is 4. The van der Waals surface area contributed by atoms with Crippen LogP contribution in [0.1, 0.15) is 74.5 Å². The number of nitrogens with zero attached hydrogens (tertiary/aromatic N) is 2. The molecule has 360 valence electrons. The highest BCUT2D eigenvalue weighted by Gasteiger charge is 2.42. The number of anilines is 1. The lowest BCUT2D eigenvalue weighted by atomic mass is 10.0. The van der Waals surface area contributed by atoms with Crippen LogP contribution in [0.2, 0.25) is 0 Å². The van der Waals surface area contributed by atoms with Crippen molar-refractivity contribution in [3.63, 3.8) is 0 Å². The third kappa shape index (κ3) is 16.3. The van der Waals surface area contributed by atoms with E-state index in [4.69, 9.17) is 28.9 Å². The van der Waals surface area contributed by atoms with Crippen LogP contribution in [-0.2, 0) is 52.6 Å². The predicted molar refractivity (Wildman–Crippen MR) is 261 cm³/mol. The Kier molecular flexibility index (Phi) is 20.1. The second kappa shape index (κ2) is 27.0. The SMILES string of the molecule is O=C(CCCCCNC(=O)CCOCCOCCOCCOCCNC(=O)CCCC[C@@H]1SC[C@@H]2NC(=O)N[C@@H]21)Cc1ccc(-c2nc(NC3Cc4ccccc4C3)c3ccccc3n2)cc1. The van der Waals surface area contributed by atoms with Crippen molar-refractivity contribution in [3.05, 3.63) is 89.5 Å². The summed E-state index contributed by atoms with van der Waals surface area (Å²) in [6.07, 6.45) is 8.87. The molecule has 3 aromatic carbocycles. The van der Waals surface area contributed by atoms with E-state index in [1.165, 1.54) is 11.1 Å². The van der Waals surface area contributed by atoms with Crippen molar-refractivity contribution in [1.82, 2.24) is 31.2 Å². The first-order valence-corrected chi connectivity index (χ1v) is 25.2. The first-order chi connectivity index (χ1) is 32.9. The number of fused-ring (bicyclic) bond motifs is 3. The Hall–Kier alpha value is -5.13. The van der Waals surface area contributed by atoms with Gasteiger partial charge in [-0.2, -0.15) is 11.8 Å². The Morgan fingerprint density at radius 1 is 0.657 bits per heavy atom. The van der Waals surface area contributed by atoms with Crippen molar-refractivity contribution in [2.45, 2.75) is 100 Å². The van der Waals surface area contributed by atoms with Gasteiger partial charge in [-0.25, -0.2) is 14.8 Å². The lowest BCUT2D eigenvalue weighted by Crippen LogP contribution is -2.36. The van der Waals surface area contributed by atoms with Crippen molar-refractivity contribution in [2.24, 2.45) is 0 Å². The van der Waals surface area contributed by atoms with Crippen molar-refractivity contribution in [1.29, 1.82) is 0 Å². The van der Waals surface area contributed by atoms with E-state index in [2.05, 4.69) is 56.9 Å². The third-order valence-corrected chi connectivity index (χ3v) is 13.8. The molecule has 7 rings (SSSR count). The number of benzene rings is 3. The maximum atomic E-state index is 12.8. The Balaban J connectivity index is 0.629. The van der Waals surface area contributed by atoms with Crippen LogP contribution in [0.5, 0.6) is 0 Å². The first kappa shape index (κ1) is 49.8. The van der Waals surface area contributed by atoms with Gasteiger partial charge in [0.2, 0.25) is 11.8 Å². The summed E-state index contributed by atoms with van der Waals surface area (Å²) in [7, 11) is 0. The topological polar surface area (TPSA) is 191 Å². The van der Waals surface area contributed by atoms with Crippen LogP contribution in [0, 0.1) is 0 Å². The van der Waals surface area contributed by atoms with Gasteiger partial charge in [0, 0.05) is 66.8 Å². The molecule has 67 heavy (non-hydrogen) atoms. The molecule has 3 atom stereocenters. The Morgan fingerprint density at radius 2 is 1.31 bits per heavy atom. The molecule has 0 radical (unpaired) electrons. The maximum absolute atomic E-state index is 12.8. The zero-order chi connectivity index (χ0) is 46.5. The molecule has 0 spiro atoms. The fourth-order valence-corrected chi connectivity index (χ4v) is 10.3. The number of amides is 4. The van der Waals surface area contributed by atoms with E-state index in [0.717, 1.165) is 85.0 Å². The summed E-state index contributed by atoms with van der Waals surface area (Å²) < 4.78 is 22.1. The van der Waals surface area contributed by atoms with E-state index < -0.39 is 0 Å². The number of thioether (sulfide) groups is 1. The van der Waals surface area contributed by atoms with E-state index in [1.54, 1.807) is 0 Å². The lowest BCUT2D eigenvalue weighted by molar-refractivity contribution is -0.122. The van der Waals surface area contributed by atoms with Gasteiger partial charge in [-0.3, -0.25) is 14.4 Å². The van der Waals surface area contributed by atoms with Gasteiger partial charge in [-0.1, -0.05) is 73.5 Å². The van der Waals surface area contributed by atoms with Crippen molar-refractivity contribution >= 4 is 52.1 Å². The Morgan fingerprint density at radius 3 is 2.07 bits per heavy atom. The van der Waals surface area contributed by atoms with E-state index in [9.17, 15) is 19.2 Å². The van der Waals surface area contributed by atoms with Crippen LogP contribution < -0.4 is 26.6 Å². The molecule has 3 aliphatic rings. The molecule has 0 saturated carbocycles. The third-order valence-electron chi connectivity index (χ3n) is 12.3. The van der Waals surface area contributed by atoms with E-state index >= 15 is 0 Å². The van der Waals surface area contributed by atoms with Crippen LogP contribution in [-0.4, -0.2) is 129 Å². The number of para-hydroxylation sites is 1. The second-order valence-electron chi connectivity index (χ2n) is 17.4. The normalized spacial score (nSPS) is 17.5. The number of hydrogen-bond donors (Lipinski definition) is 5. The minimum atomic E-state index is -0.0665. The summed E-state index contributed by atoms with van der Waals surface area (Å²) >= 11 is 1.90. The number of nitrogens with one attached hydrogen (secondary N) is 5. The highest BCUT2D eigenvalue weighted by molar-refractivity contribution is 8.00. The molecule has 1 aromatic heterocycles. The van der Waals surface area contributed by atoms with Crippen molar-refractivity contribution in [2.75, 3.05) is 77.0 Å². The average Bonchev–Trinajstić information content (AvgIpc) is 4.04. The van der Waals surface area contributed by atoms with Crippen LogP contribution in [0.25, 0.3) is 22.3 Å². The number of rotatable bonds is 31. The van der Waals surface area contributed by atoms with Gasteiger partial charge in [-0.15, -0.1) is 0 Å². The number of hydrogen-bond acceptors (Lipinski definition) is 12. The summed E-state index contributed by atoms with van der Waals surface area (Å²) in [4.78, 5) is 58.5. The molecule has 0 bridgehead atoms. The van der Waals surface area contributed by atoms with Crippen LogP contribution >= 0.6 is 11.8 Å². The molecule has 16 heteroatoms. The van der Waals surface area contributed by atoms with E-state index in [1.807, 2.05) is 54.2 Å². The number of ketones is 1. The Labute approximate surface area is 398 Å². The summed E-state index contributed by atoms with van der Waals surface area (Å²) in [5, 5.41) is 16.9. The zero-order valence-corrected chi connectivity index (χ0v) is 39.4. The summed E-state index contributed by atoms with van der Waals surface area (Å²) in [5.74, 6) is 2.63. The standard InChI is InChI=1S/C51H67N7O8S/c59-41(32-36-17-19-37(20-18-36)49-55-43-14-6-5-13-42(43)50(58-49)54-40-33-38-10-3-4-11-39(38)34-40)12-2-1-9-22-52-47(61)21-24-63-26-28-65-30-31-66-29-27-64-25-23-53-46(60)16-8-7-15-45-48-44(35-67-45)56-51(62)57-48/h3-6,10-11,13-14,17-20,40,44-45,48H,1-2,7-9,12,15-16,21-35H2,(H,52,61)(H,53,60)(H,54,55,58)(H2,56,57,62)/t44-,45-,48-/m0/s1. The summed E-state index contributed by atoms with van der Waals surface area (Å²) in [6, 6.07) is 25.4. The monoisotopic (exact) mass is 937 g/mol. The molecule has 5 N–H and O–H groups in total. The van der Waals surface area contributed by atoms with Gasteiger partial charge >= 0.3 is 6.03 Å². The van der Waals surface area contributed by atoms with Gasteiger partial charge in [-0.05, 0) is 67.3 Å². The number of urea groups is 1. The number of Topliss-reactive ketones (excluding diaryl/α,β-unsaturated/α-hetero) is 1. The van der Waals surface area contributed by atoms with Crippen LogP contribution in [0.3, 0.4) is 0 Å². The van der Waals surface area contributed by atoms with Gasteiger partial charge in [0.25, 0.3) is 0 Å². The minimum absolute atomic E-state index is 0.0316. The largest absolute Gasteiger partial charge is 0.379 e. The molecule has 2 saturated heterocycles. The fraction of sp³-hybridized carbons (Fsp3) is 0.529. The van der Waals surface area contributed by atoms with Gasteiger partial charge < -0.3 is 45.5 Å². The first-order valence-electron chi connectivity index (χ1n) is 24.1. The quantitative estimate of drug-likeness (QED) is 0.0295. The molecule has 4 amide bonds. The van der Waals surface area contributed by atoms with E-state index in [0.29, 0.717) is 96.3 Å². The highest BCUT2D eigenvalue weighted by atomic mass is 32.2. The molecule has 1 aliphatic carbocycles. The lowest BCUT2D eigenvalue weighted by Gasteiger charge is -2.16. The fourth-order valence-electron chi connectivity index (χ4n) is 8.75. The maximum Gasteiger partial charge on any atom is 0.315 e. The number of aromatic nitrogens is 2. The van der Waals surface area contributed by atoms with Gasteiger partial charge in [0.1, 0.15) is 11.6 Å². The highest BCUT2D eigenvalue weighted by Crippen LogP contribution is 2.33. The van der Waals surface area contributed by atoms with Crippen LogP contribution in [0.15, 0.2) is 72.8 Å². The van der Waals surface area contributed by atoms with Gasteiger partial charge in [0.05, 0.1) is 70.5 Å². The van der Waals surface area contributed by atoms with Crippen molar-refractivity contribution < 1.29 is 38.1 Å². The van der Waals surface area contributed by atoms with Crippen molar-refractivity contribution in [3.8, 4) is 11.4 Å². The molecule has 2 aliphatic heterocycles. The smallest absolute Gasteiger partial charge is 0.315 e. The number of carbonyl (C=O) groups is 4. The van der Waals surface area contributed by atoms with E-state index in [-0.39, 0.29) is 48.2 Å². The van der Waals surface area contributed by atoms with Gasteiger partial charge in [0.15, 0.2) is 5.82 Å².